The van der Waals surface area contributed by atoms with Crippen LogP contribution in [0.4, 0.5) is 10.1 Å². The van der Waals surface area contributed by atoms with E-state index in [4.69, 9.17) is 4.42 Å². The van der Waals surface area contributed by atoms with E-state index in [1.54, 1.807) is 20.0 Å². The number of benzene rings is 2. The van der Waals surface area contributed by atoms with Crippen molar-refractivity contribution in [2.24, 2.45) is 0 Å². The molecule has 0 saturated carbocycles. The third kappa shape index (κ3) is 3.62. The molecule has 0 aliphatic carbocycles. The summed E-state index contributed by atoms with van der Waals surface area (Å²) in [6.07, 6.45) is 1.73. The van der Waals surface area contributed by atoms with Crippen LogP contribution in [-0.4, -0.2) is 25.8 Å². The first kappa shape index (κ1) is 19.6. The van der Waals surface area contributed by atoms with Crippen molar-refractivity contribution in [2.45, 2.75) is 13.8 Å². The van der Waals surface area contributed by atoms with Crippen LogP contribution in [0, 0.1) is 19.7 Å². The molecular weight excluding hydrogens is 409 g/mol. The zero-order valence-electron chi connectivity index (χ0n) is 17.3. The number of fused-ring (bicyclic) bond motifs is 1. The second-order valence-electron chi connectivity index (χ2n) is 7.34. The molecule has 3 heterocycles. The molecule has 32 heavy (non-hydrogen) atoms. The number of aromatic amines is 1. The van der Waals surface area contributed by atoms with Crippen LogP contribution >= 0.6 is 0 Å². The number of aryl methyl sites for hydroxylation is 2. The van der Waals surface area contributed by atoms with Crippen molar-refractivity contribution in [3.8, 4) is 22.5 Å². The van der Waals surface area contributed by atoms with Gasteiger partial charge in [0.05, 0.1) is 16.8 Å². The molecule has 0 bridgehead atoms. The molecule has 0 radical (unpaired) electrons. The fourth-order valence-electron chi connectivity index (χ4n) is 3.53. The second kappa shape index (κ2) is 7.73. The molecule has 0 unspecified atom stereocenters. The lowest BCUT2D eigenvalue weighted by molar-refractivity contribution is 0.0994. The summed E-state index contributed by atoms with van der Waals surface area (Å²) in [4.78, 5) is 28.6. The normalized spacial score (nSPS) is 11.1. The van der Waals surface area contributed by atoms with E-state index in [0.29, 0.717) is 34.3 Å². The quantitative estimate of drug-likeness (QED) is 0.406. The molecule has 158 valence electrons. The van der Waals surface area contributed by atoms with Crippen molar-refractivity contribution in [3.63, 3.8) is 0 Å². The van der Waals surface area contributed by atoms with Gasteiger partial charge in [0.25, 0.3) is 5.91 Å². The lowest BCUT2D eigenvalue weighted by atomic mass is 10.1. The van der Waals surface area contributed by atoms with Crippen LogP contribution in [0.3, 0.4) is 0 Å². The summed E-state index contributed by atoms with van der Waals surface area (Å²) in [6.45, 7) is 3.35. The van der Waals surface area contributed by atoms with Crippen LogP contribution in [0.5, 0.6) is 0 Å². The highest BCUT2D eigenvalue weighted by Gasteiger charge is 2.18. The molecule has 7 nitrogen and oxygen atoms in total. The molecule has 3 aromatic heterocycles. The molecule has 0 saturated heterocycles. The largest absolute Gasteiger partial charge is 0.436 e. The van der Waals surface area contributed by atoms with E-state index in [0.717, 1.165) is 11.1 Å². The van der Waals surface area contributed by atoms with Crippen LogP contribution < -0.4 is 5.32 Å². The van der Waals surface area contributed by atoms with Gasteiger partial charge in [0.2, 0.25) is 5.76 Å². The number of rotatable bonds is 4. The van der Waals surface area contributed by atoms with Gasteiger partial charge in [-0.3, -0.25) is 4.79 Å². The Morgan fingerprint density at radius 2 is 1.84 bits per heavy atom. The second-order valence-corrected chi connectivity index (χ2v) is 7.34. The number of imidazole rings is 1. The van der Waals surface area contributed by atoms with E-state index in [1.807, 2.05) is 36.4 Å². The van der Waals surface area contributed by atoms with Gasteiger partial charge in [0.15, 0.2) is 11.5 Å². The molecule has 0 fully saturated rings. The lowest BCUT2D eigenvalue weighted by Crippen LogP contribution is -2.12. The SMILES string of the molecule is Cc1nc(C)c(C(=O)Nc2ccc(F)c(-c3nc4ncc(-c5ccccc5)cc4[nH]3)c2)o1. The van der Waals surface area contributed by atoms with Crippen LogP contribution in [0.2, 0.25) is 0 Å². The van der Waals surface area contributed by atoms with Crippen LogP contribution in [0.15, 0.2) is 65.2 Å². The summed E-state index contributed by atoms with van der Waals surface area (Å²) in [5.74, 6) is -0.0960. The van der Waals surface area contributed by atoms with Gasteiger partial charge in [-0.2, -0.15) is 0 Å². The van der Waals surface area contributed by atoms with E-state index in [-0.39, 0.29) is 11.3 Å². The number of nitrogens with one attached hydrogen (secondary N) is 2. The van der Waals surface area contributed by atoms with Gasteiger partial charge >= 0.3 is 0 Å². The highest BCUT2D eigenvalue weighted by molar-refractivity contribution is 6.03. The van der Waals surface area contributed by atoms with Gasteiger partial charge in [-0.15, -0.1) is 0 Å². The fourth-order valence-corrected chi connectivity index (χ4v) is 3.53. The Morgan fingerprint density at radius 3 is 2.59 bits per heavy atom. The minimum atomic E-state index is -0.475. The number of hydrogen-bond donors (Lipinski definition) is 2. The predicted octanol–water partition coefficient (Wildman–Crippen LogP) is 5.29. The maximum Gasteiger partial charge on any atom is 0.293 e. The molecule has 5 rings (SSSR count). The average Bonchev–Trinajstić information content (AvgIpc) is 3.37. The van der Waals surface area contributed by atoms with Gasteiger partial charge in [-0.05, 0) is 36.8 Å². The molecule has 0 atom stereocenters. The Kier molecular flexibility index (Phi) is 4.74. The van der Waals surface area contributed by atoms with Crippen molar-refractivity contribution in [1.29, 1.82) is 0 Å². The average molecular weight is 427 g/mol. The van der Waals surface area contributed by atoms with Gasteiger partial charge in [0.1, 0.15) is 11.6 Å². The highest BCUT2D eigenvalue weighted by atomic mass is 19.1. The van der Waals surface area contributed by atoms with Crippen molar-refractivity contribution in [1.82, 2.24) is 19.9 Å². The number of anilines is 1. The first-order valence-corrected chi connectivity index (χ1v) is 9.94. The van der Waals surface area contributed by atoms with Crippen LogP contribution in [0.25, 0.3) is 33.7 Å². The summed E-state index contributed by atoms with van der Waals surface area (Å²) in [7, 11) is 0. The molecular formula is C24H18FN5O2. The standard InChI is InChI=1S/C24H18FN5O2/c1-13-21(32-14(2)27-13)24(31)28-17-8-9-19(25)18(11-17)22-29-20-10-16(12-26-23(20)30-22)15-6-4-3-5-7-15/h3-12H,1-2H3,(H,28,31)(H,26,29,30). The first-order valence-electron chi connectivity index (χ1n) is 9.94. The van der Waals surface area contributed by atoms with E-state index >= 15 is 0 Å². The molecule has 0 aliphatic rings. The molecule has 2 N–H and O–H groups in total. The number of oxazole rings is 1. The third-order valence-corrected chi connectivity index (χ3v) is 5.03. The number of halogens is 1. The maximum atomic E-state index is 14.6. The summed E-state index contributed by atoms with van der Waals surface area (Å²) >= 11 is 0. The fraction of sp³-hybridized carbons (Fsp3) is 0.0833. The van der Waals surface area contributed by atoms with Gasteiger partial charge in [-0.1, -0.05) is 30.3 Å². The molecule has 0 aliphatic heterocycles. The molecule has 8 heteroatoms. The Labute approximate surface area is 182 Å². The Hall–Kier alpha value is -4.33. The zero-order valence-corrected chi connectivity index (χ0v) is 17.3. The van der Waals surface area contributed by atoms with Crippen molar-refractivity contribution < 1.29 is 13.6 Å². The number of amides is 1. The summed E-state index contributed by atoms with van der Waals surface area (Å²) < 4.78 is 20.0. The Morgan fingerprint density at radius 1 is 1.03 bits per heavy atom. The summed E-state index contributed by atoms with van der Waals surface area (Å²) in [5, 5.41) is 2.72. The lowest BCUT2D eigenvalue weighted by Gasteiger charge is -2.06. The number of hydrogen-bond acceptors (Lipinski definition) is 5. The molecule has 0 spiro atoms. The Bertz CT molecular complexity index is 1460. The first-order chi connectivity index (χ1) is 15.5. The molecule has 5 aromatic rings. The number of pyridine rings is 1. The van der Waals surface area contributed by atoms with E-state index in [2.05, 4.69) is 25.3 Å². The minimum Gasteiger partial charge on any atom is -0.436 e. The van der Waals surface area contributed by atoms with E-state index in [9.17, 15) is 9.18 Å². The Balaban J connectivity index is 1.48. The van der Waals surface area contributed by atoms with Gasteiger partial charge in [0, 0.05) is 24.4 Å². The topological polar surface area (TPSA) is 96.7 Å². The minimum absolute atomic E-state index is 0.120. The molecule has 2 aromatic carbocycles. The van der Waals surface area contributed by atoms with Crippen molar-refractivity contribution >= 4 is 22.8 Å². The zero-order chi connectivity index (χ0) is 22.2. The number of H-pyrrole nitrogens is 1. The third-order valence-electron chi connectivity index (χ3n) is 5.03. The van der Waals surface area contributed by atoms with Crippen LogP contribution in [0.1, 0.15) is 22.1 Å². The van der Waals surface area contributed by atoms with Gasteiger partial charge in [-0.25, -0.2) is 19.3 Å². The number of aromatic nitrogens is 4. The summed E-state index contributed by atoms with van der Waals surface area (Å²) in [6, 6.07) is 16.0. The van der Waals surface area contributed by atoms with E-state index in [1.165, 1.54) is 18.2 Å². The number of nitrogens with zero attached hydrogens (tertiary/aromatic N) is 3. The molecule has 1 amide bonds. The number of carbonyl (C=O) groups excluding carboxylic acids is 1. The maximum absolute atomic E-state index is 14.6. The van der Waals surface area contributed by atoms with Crippen LogP contribution in [-0.2, 0) is 0 Å². The van der Waals surface area contributed by atoms with Crippen molar-refractivity contribution in [2.75, 3.05) is 5.32 Å². The van der Waals surface area contributed by atoms with Gasteiger partial charge < -0.3 is 14.7 Å². The highest BCUT2D eigenvalue weighted by Crippen LogP contribution is 2.28. The van der Waals surface area contributed by atoms with E-state index < -0.39 is 11.7 Å². The monoisotopic (exact) mass is 427 g/mol. The predicted molar refractivity (Wildman–Crippen MR) is 119 cm³/mol. The number of carbonyl (C=O) groups is 1. The van der Waals surface area contributed by atoms with Crippen molar-refractivity contribution in [3.05, 3.63) is 84.0 Å². The summed E-state index contributed by atoms with van der Waals surface area (Å²) in [5.41, 5.74) is 4.20. The smallest absolute Gasteiger partial charge is 0.293 e.